The molecule has 6 nitrogen and oxygen atoms in total. The van der Waals surface area contributed by atoms with Gasteiger partial charge in [-0.2, -0.15) is 0 Å². The van der Waals surface area contributed by atoms with Gasteiger partial charge < -0.3 is 28.4 Å². The highest BCUT2D eigenvalue weighted by Gasteiger charge is 2.49. The fourth-order valence-electron chi connectivity index (χ4n) is 5.37. The van der Waals surface area contributed by atoms with E-state index in [1.54, 1.807) is 0 Å². The topological polar surface area (TPSA) is 55.4 Å². The van der Waals surface area contributed by atoms with Crippen LogP contribution in [-0.4, -0.2) is 58.1 Å². The first-order valence-electron chi connectivity index (χ1n) is 15.7. The fourth-order valence-corrected chi connectivity index (χ4v) is 6.98. The normalized spacial score (nSPS) is 22.3. The van der Waals surface area contributed by atoms with E-state index in [-0.39, 0.29) is 6.10 Å². The lowest BCUT2D eigenvalue weighted by molar-refractivity contribution is -0.331. The predicted molar refractivity (Wildman–Crippen MR) is 178 cm³/mol. The maximum absolute atomic E-state index is 6.74. The van der Waals surface area contributed by atoms with Crippen molar-refractivity contribution in [2.45, 2.75) is 96.2 Å². The van der Waals surface area contributed by atoms with Gasteiger partial charge in [0.25, 0.3) is 0 Å². The number of hydrogen-bond acceptors (Lipinski definition) is 6. The van der Waals surface area contributed by atoms with Crippen molar-refractivity contribution >= 4 is 8.07 Å². The third-order valence-corrected chi connectivity index (χ3v) is 8.78. The zero-order chi connectivity index (χ0) is 31.4. The van der Waals surface area contributed by atoms with Crippen LogP contribution in [0, 0.1) is 0 Å². The summed E-state index contributed by atoms with van der Waals surface area (Å²) >= 11 is 0. The molecule has 0 unspecified atom stereocenters. The standard InChI is InChI=1S/C37H50O6Si/c1-28(2)42-37-36(39-22-29(3)27-44(4,5)6)35(41-25-32-20-14-9-15-21-32)34(40-24-31-18-12-8-13-19-31)33(43-37)26-38-23-30-16-10-7-11-17-30/h7-21,28,33-37H,3,22-27H2,1-2,4-6H3/t33-,34-,35+,36+,37+/m1/s1. The number of benzene rings is 3. The van der Waals surface area contributed by atoms with Crippen LogP contribution in [0.3, 0.4) is 0 Å². The highest BCUT2D eigenvalue weighted by atomic mass is 28.3. The lowest BCUT2D eigenvalue weighted by atomic mass is 9.97. The number of rotatable bonds is 17. The van der Waals surface area contributed by atoms with Crippen molar-refractivity contribution < 1.29 is 28.4 Å². The molecule has 3 aromatic carbocycles. The van der Waals surface area contributed by atoms with Crippen LogP contribution in [0.15, 0.2) is 103 Å². The monoisotopic (exact) mass is 618 g/mol. The maximum Gasteiger partial charge on any atom is 0.187 e. The molecular weight excluding hydrogens is 568 g/mol. The lowest BCUT2D eigenvalue weighted by Gasteiger charge is -2.46. The van der Waals surface area contributed by atoms with Gasteiger partial charge in [-0.05, 0) is 36.6 Å². The summed E-state index contributed by atoms with van der Waals surface area (Å²) in [6, 6.07) is 31.4. The molecule has 238 valence electrons. The summed E-state index contributed by atoms with van der Waals surface area (Å²) < 4.78 is 39.3. The largest absolute Gasteiger partial charge is 0.374 e. The molecule has 0 spiro atoms. The molecule has 1 aliphatic rings. The summed E-state index contributed by atoms with van der Waals surface area (Å²) in [5, 5.41) is 0. The third-order valence-electron chi connectivity index (χ3n) is 7.22. The Bertz CT molecular complexity index is 1230. The number of ether oxygens (including phenoxy) is 6. The van der Waals surface area contributed by atoms with E-state index in [0.29, 0.717) is 33.0 Å². The van der Waals surface area contributed by atoms with Crippen LogP contribution in [0.2, 0.25) is 25.7 Å². The van der Waals surface area contributed by atoms with Crippen molar-refractivity contribution in [3.8, 4) is 0 Å². The smallest absolute Gasteiger partial charge is 0.187 e. The van der Waals surface area contributed by atoms with E-state index in [4.69, 9.17) is 28.4 Å². The van der Waals surface area contributed by atoms with E-state index in [2.05, 4.69) is 62.6 Å². The van der Waals surface area contributed by atoms with E-state index >= 15 is 0 Å². The highest BCUT2D eigenvalue weighted by molar-refractivity contribution is 6.76. The minimum Gasteiger partial charge on any atom is -0.374 e. The molecule has 4 rings (SSSR count). The van der Waals surface area contributed by atoms with E-state index in [9.17, 15) is 0 Å². The van der Waals surface area contributed by atoms with E-state index < -0.39 is 38.8 Å². The average Bonchev–Trinajstić information content (AvgIpc) is 2.99. The van der Waals surface area contributed by atoms with Crippen molar-refractivity contribution in [3.63, 3.8) is 0 Å². The first-order chi connectivity index (χ1) is 21.2. The zero-order valence-corrected chi connectivity index (χ0v) is 28.0. The van der Waals surface area contributed by atoms with Crippen molar-refractivity contribution in [3.05, 3.63) is 120 Å². The van der Waals surface area contributed by atoms with Crippen LogP contribution in [0.25, 0.3) is 0 Å². The molecule has 7 heteroatoms. The van der Waals surface area contributed by atoms with Crippen LogP contribution >= 0.6 is 0 Å². The Balaban J connectivity index is 1.61. The molecule has 1 heterocycles. The lowest BCUT2D eigenvalue weighted by Crippen LogP contribution is -2.62. The van der Waals surface area contributed by atoms with Gasteiger partial charge in [0.05, 0.1) is 39.1 Å². The summed E-state index contributed by atoms with van der Waals surface area (Å²) in [6.45, 7) is 17.4. The minimum atomic E-state index is -1.36. The quantitative estimate of drug-likeness (QED) is 0.114. The molecular formula is C37H50O6Si. The van der Waals surface area contributed by atoms with Crippen LogP contribution in [0.4, 0.5) is 0 Å². The second-order valence-electron chi connectivity index (χ2n) is 13.0. The molecule has 0 amide bonds. The molecule has 0 N–H and O–H groups in total. The molecule has 3 aromatic rings. The van der Waals surface area contributed by atoms with E-state index in [1.807, 2.05) is 68.4 Å². The van der Waals surface area contributed by atoms with Crippen LogP contribution in [0.5, 0.6) is 0 Å². The van der Waals surface area contributed by atoms with Gasteiger partial charge >= 0.3 is 0 Å². The Morgan fingerprint density at radius 1 is 0.705 bits per heavy atom. The molecule has 5 atom stereocenters. The molecule has 44 heavy (non-hydrogen) atoms. The molecule has 0 aliphatic carbocycles. The second-order valence-corrected chi connectivity index (χ2v) is 18.5. The van der Waals surface area contributed by atoms with Gasteiger partial charge in [-0.25, -0.2) is 0 Å². The zero-order valence-electron chi connectivity index (χ0n) is 27.0. The van der Waals surface area contributed by atoms with Crippen LogP contribution in [-0.2, 0) is 48.2 Å². The Morgan fingerprint density at radius 3 is 1.70 bits per heavy atom. The molecule has 1 saturated heterocycles. The number of hydrogen-bond donors (Lipinski definition) is 0. The second kappa shape index (κ2) is 17.2. The third kappa shape index (κ3) is 11.4. The maximum atomic E-state index is 6.74. The first-order valence-corrected chi connectivity index (χ1v) is 19.4. The Hall–Kier alpha value is -2.62. The van der Waals surface area contributed by atoms with Crippen molar-refractivity contribution in [1.29, 1.82) is 0 Å². The SMILES string of the molecule is C=C(CO[C@@H]1[C@@H](OC(C)C)O[C@H](COCc2ccccc2)[C@@H](OCc2ccccc2)[C@@H]1OCc1ccccc1)C[Si](C)(C)C. The Kier molecular flexibility index (Phi) is 13.4. The van der Waals surface area contributed by atoms with Crippen molar-refractivity contribution in [1.82, 2.24) is 0 Å². The summed E-state index contributed by atoms with van der Waals surface area (Å²) in [6.07, 6.45) is -2.70. The summed E-state index contributed by atoms with van der Waals surface area (Å²) in [7, 11) is -1.36. The fraction of sp³-hybridized carbons (Fsp3) is 0.459. The van der Waals surface area contributed by atoms with Gasteiger partial charge in [0.2, 0.25) is 0 Å². The predicted octanol–water partition coefficient (Wildman–Crippen LogP) is 7.80. The van der Waals surface area contributed by atoms with Gasteiger partial charge in [0.15, 0.2) is 6.29 Å². The summed E-state index contributed by atoms with van der Waals surface area (Å²) in [4.78, 5) is 0. The van der Waals surface area contributed by atoms with Crippen LogP contribution in [0.1, 0.15) is 30.5 Å². The molecule has 1 aliphatic heterocycles. The molecule has 1 fully saturated rings. The van der Waals surface area contributed by atoms with Gasteiger partial charge in [-0.1, -0.05) is 123 Å². The van der Waals surface area contributed by atoms with E-state index in [1.165, 1.54) is 0 Å². The summed E-state index contributed by atoms with van der Waals surface area (Å²) in [5.41, 5.74) is 4.31. The molecule has 0 saturated carbocycles. The van der Waals surface area contributed by atoms with Gasteiger partial charge in [-0.3, -0.25) is 0 Å². The van der Waals surface area contributed by atoms with Gasteiger partial charge in [-0.15, -0.1) is 0 Å². The Morgan fingerprint density at radius 2 is 1.20 bits per heavy atom. The molecule has 0 bridgehead atoms. The Labute approximate surface area is 265 Å². The van der Waals surface area contributed by atoms with E-state index in [0.717, 1.165) is 28.3 Å². The molecule has 0 aromatic heterocycles. The molecule has 0 radical (unpaired) electrons. The van der Waals surface area contributed by atoms with Crippen molar-refractivity contribution in [2.24, 2.45) is 0 Å². The minimum absolute atomic E-state index is 0.0845. The highest BCUT2D eigenvalue weighted by Crippen LogP contribution is 2.32. The first kappa shape index (κ1) is 34.3. The van der Waals surface area contributed by atoms with Crippen molar-refractivity contribution in [2.75, 3.05) is 13.2 Å². The summed E-state index contributed by atoms with van der Waals surface area (Å²) in [5.74, 6) is 0. The average molecular weight is 619 g/mol. The van der Waals surface area contributed by atoms with Gasteiger partial charge in [0.1, 0.15) is 24.4 Å². The van der Waals surface area contributed by atoms with Crippen LogP contribution < -0.4 is 0 Å². The van der Waals surface area contributed by atoms with Gasteiger partial charge in [0, 0.05) is 8.07 Å².